The molecule has 1 aliphatic rings. The van der Waals surface area contributed by atoms with Crippen molar-refractivity contribution in [1.29, 1.82) is 0 Å². The number of hydrogen-bond acceptors (Lipinski definition) is 2. The lowest BCUT2D eigenvalue weighted by atomic mass is 9.66. The largest absolute Gasteiger partial charge is 0.506 e. The van der Waals surface area contributed by atoms with Gasteiger partial charge in [0.15, 0.2) is 0 Å². The van der Waals surface area contributed by atoms with Crippen LogP contribution in [0.5, 0.6) is 0 Å². The van der Waals surface area contributed by atoms with Gasteiger partial charge >= 0.3 is 0 Å². The Bertz CT molecular complexity index is 839. The van der Waals surface area contributed by atoms with Crippen molar-refractivity contribution in [2.75, 3.05) is 7.05 Å². The third-order valence-electron chi connectivity index (χ3n) is 5.95. The van der Waals surface area contributed by atoms with Gasteiger partial charge in [-0.2, -0.15) is 0 Å². The quantitative estimate of drug-likeness (QED) is 0.551. The molecule has 1 aromatic rings. The Kier molecular flexibility index (Phi) is 6.57. The molecule has 29 heavy (non-hydrogen) atoms. The van der Waals surface area contributed by atoms with Crippen LogP contribution in [0.2, 0.25) is 0 Å². The number of aliphatic imine (C=N–C) groups is 1. The van der Waals surface area contributed by atoms with Crippen LogP contribution in [0.15, 0.2) is 40.1 Å². The Morgan fingerprint density at radius 3 is 1.69 bits per heavy atom. The van der Waals surface area contributed by atoms with E-state index in [1.165, 1.54) is 27.8 Å². The van der Waals surface area contributed by atoms with Crippen molar-refractivity contribution in [1.82, 2.24) is 0 Å². The number of hydrogen-bond donors (Lipinski definition) is 1. The van der Waals surface area contributed by atoms with E-state index in [9.17, 15) is 5.11 Å². The Labute approximate surface area is 178 Å². The van der Waals surface area contributed by atoms with Crippen molar-refractivity contribution in [3.63, 3.8) is 0 Å². The van der Waals surface area contributed by atoms with E-state index in [1.807, 2.05) is 0 Å². The van der Waals surface area contributed by atoms with Gasteiger partial charge in [0.1, 0.15) is 5.76 Å². The fourth-order valence-corrected chi connectivity index (χ4v) is 4.42. The van der Waals surface area contributed by atoms with Crippen LogP contribution in [0.25, 0.3) is 5.57 Å². The van der Waals surface area contributed by atoms with Crippen LogP contribution in [0, 0.1) is 10.8 Å². The van der Waals surface area contributed by atoms with Crippen molar-refractivity contribution >= 4 is 11.3 Å². The van der Waals surface area contributed by atoms with Crippen LogP contribution in [-0.4, -0.2) is 17.9 Å². The summed E-state index contributed by atoms with van der Waals surface area (Å²) in [6, 6.07) is 6.72. The summed E-state index contributed by atoms with van der Waals surface area (Å²) in [6.07, 6.45) is 0.699. The minimum absolute atomic E-state index is 0.0270. The van der Waals surface area contributed by atoms with Crippen molar-refractivity contribution in [2.45, 2.75) is 87.5 Å². The molecule has 0 radical (unpaired) electrons. The molecular weight excluding hydrogens is 354 g/mol. The Morgan fingerprint density at radius 2 is 1.34 bits per heavy atom. The van der Waals surface area contributed by atoms with Crippen molar-refractivity contribution < 1.29 is 5.11 Å². The van der Waals surface area contributed by atoms with Gasteiger partial charge in [-0.1, -0.05) is 93.0 Å². The third kappa shape index (κ3) is 4.52. The van der Waals surface area contributed by atoms with Crippen LogP contribution in [0.4, 0.5) is 0 Å². The second kappa shape index (κ2) is 8.13. The molecule has 2 rings (SSSR count). The number of aliphatic hydroxyl groups excluding tert-OH is 1. The maximum Gasteiger partial charge on any atom is 0.141 e. The van der Waals surface area contributed by atoms with Gasteiger partial charge in [-0.25, -0.2) is 0 Å². The predicted molar refractivity (Wildman–Crippen MR) is 128 cm³/mol. The first kappa shape index (κ1) is 23.4. The van der Waals surface area contributed by atoms with Gasteiger partial charge in [-0.3, -0.25) is 4.99 Å². The highest BCUT2D eigenvalue weighted by atomic mass is 16.3. The molecule has 1 aromatic carbocycles. The molecule has 160 valence electrons. The molecule has 2 heteroatoms. The minimum Gasteiger partial charge on any atom is -0.506 e. The van der Waals surface area contributed by atoms with Gasteiger partial charge in [0.25, 0.3) is 0 Å². The average Bonchev–Trinajstić information content (AvgIpc) is 2.58. The number of rotatable bonds is 3. The standard InChI is InChI=1S/C27H41NO/c1-16(2)18-13-12-14-19(17(3)4)22(18)23-20(26(5,6)7)15-21(28-11)25(29)24(23)27(8,9)10/h12-14,16-17,29H,15H2,1-11H3. The lowest BCUT2D eigenvalue weighted by Crippen LogP contribution is -2.28. The smallest absolute Gasteiger partial charge is 0.141 e. The zero-order chi connectivity index (χ0) is 22.3. The monoisotopic (exact) mass is 395 g/mol. The molecule has 0 unspecified atom stereocenters. The number of allylic oxidation sites excluding steroid dienone is 4. The molecule has 0 saturated heterocycles. The summed E-state index contributed by atoms with van der Waals surface area (Å²) in [4.78, 5) is 4.47. The summed E-state index contributed by atoms with van der Waals surface area (Å²) in [5.74, 6) is 1.18. The van der Waals surface area contributed by atoms with Crippen molar-refractivity contribution in [3.8, 4) is 0 Å². The van der Waals surface area contributed by atoms with Gasteiger partial charge < -0.3 is 5.11 Å². The van der Waals surface area contributed by atoms with Gasteiger partial charge in [0.2, 0.25) is 0 Å². The summed E-state index contributed by atoms with van der Waals surface area (Å²) in [7, 11) is 1.79. The molecule has 0 saturated carbocycles. The molecule has 1 N–H and O–H groups in total. The molecule has 0 spiro atoms. The second-order valence-corrected chi connectivity index (χ2v) is 11.0. The lowest BCUT2D eigenvalue weighted by molar-refractivity contribution is 0.400. The molecule has 1 aliphatic carbocycles. The van der Waals surface area contributed by atoms with E-state index < -0.39 is 0 Å². The van der Waals surface area contributed by atoms with E-state index in [-0.39, 0.29) is 10.8 Å². The fraction of sp³-hybridized carbons (Fsp3) is 0.593. The third-order valence-corrected chi connectivity index (χ3v) is 5.95. The van der Waals surface area contributed by atoms with E-state index in [1.54, 1.807) is 7.05 Å². The van der Waals surface area contributed by atoms with Crippen molar-refractivity contribution in [2.24, 2.45) is 15.8 Å². The number of benzene rings is 1. The van der Waals surface area contributed by atoms with Crippen LogP contribution in [-0.2, 0) is 0 Å². The van der Waals surface area contributed by atoms with E-state index in [2.05, 4.69) is 92.4 Å². The van der Waals surface area contributed by atoms with E-state index in [0.29, 0.717) is 24.0 Å². The Morgan fingerprint density at radius 1 is 0.862 bits per heavy atom. The zero-order valence-corrected chi connectivity index (χ0v) is 20.5. The van der Waals surface area contributed by atoms with Gasteiger partial charge in [-0.15, -0.1) is 0 Å². The van der Waals surface area contributed by atoms with E-state index in [0.717, 1.165) is 11.3 Å². The van der Waals surface area contributed by atoms with Gasteiger partial charge in [-0.05, 0) is 44.9 Å². The molecule has 0 amide bonds. The molecule has 0 heterocycles. The molecule has 0 bridgehead atoms. The van der Waals surface area contributed by atoms with Crippen LogP contribution in [0.3, 0.4) is 0 Å². The van der Waals surface area contributed by atoms with Gasteiger partial charge in [0.05, 0.1) is 5.71 Å². The van der Waals surface area contributed by atoms with E-state index in [4.69, 9.17) is 0 Å². The lowest BCUT2D eigenvalue weighted by Gasteiger charge is -2.39. The fourth-order valence-electron chi connectivity index (χ4n) is 4.42. The summed E-state index contributed by atoms with van der Waals surface area (Å²) >= 11 is 0. The highest BCUT2D eigenvalue weighted by molar-refractivity contribution is 6.08. The number of nitrogens with zero attached hydrogens (tertiary/aromatic N) is 1. The van der Waals surface area contributed by atoms with Gasteiger partial charge in [0, 0.05) is 19.0 Å². The molecule has 0 atom stereocenters. The zero-order valence-electron chi connectivity index (χ0n) is 20.5. The predicted octanol–water partition coefficient (Wildman–Crippen LogP) is 8.07. The average molecular weight is 396 g/mol. The van der Waals surface area contributed by atoms with Crippen molar-refractivity contribution in [3.05, 3.63) is 51.8 Å². The van der Waals surface area contributed by atoms with Crippen LogP contribution in [0.1, 0.15) is 104 Å². The first-order valence-electron chi connectivity index (χ1n) is 11.0. The summed E-state index contributed by atoms with van der Waals surface area (Å²) in [6.45, 7) is 22.5. The SMILES string of the molecule is CN=C1CC(C(C)(C)C)=C(c2c(C(C)C)cccc2C(C)C)C(C(C)(C)C)=C1O. The van der Waals surface area contributed by atoms with Crippen LogP contribution < -0.4 is 0 Å². The Balaban J connectivity index is 3.13. The molecule has 0 fully saturated rings. The highest BCUT2D eigenvalue weighted by Crippen LogP contribution is 2.51. The second-order valence-electron chi connectivity index (χ2n) is 11.0. The molecule has 0 aliphatic heterocycles. The molecular formula is C27H41NO. The summed E-state index contributed by atoms with van der Waals surface area (Å²) in [5.41, 5.74) is 8.28. The summed E-state index contributed by atoms with van der Waals surface area (Å²) < 4.78 is 0. The first-order chi connectivity index (χ1) is 13.2. The number of aliphatic hydroxyl groups is 1. The molecule has 0 aromatic heterocycles. The van der Waals surface area contributed by atoms with Crippen LogP contribution >= 0.6 is 0 Å². The first-order valence-corrected chi connectivity index (χ1v) is 11.0. The summed E-state index contributed by atoms with van der Waals surface area (Å²) in [5, 5.41) is 11.4. The molecule has 2 nitrogen and oxygen atoms in total. The Hall–Kier alpha value is -1.83. The topological polar surface area (TPSA) is 32.6 Å². The normalized spacial score (nSPS) is 17.9. The maximum absolute atomic E-state index is 11.4. The van der Waals surface area contributed by atoms with E-state index >= 15 is 0 Å². The highest BCUT2D eigenvalue weighted by Gasteiger charge is 2.38. The maximum atomic E-state index is 11.4. The minimum atomic E-state index is -0.204.